The van der Waals surface area contributed by atoms with Crippen molar-refractivity contribution in [1.29, 1.82) is 0 Å². The zero-order valence-corrected chi connectivity index (χ0v) is 15.5. The minimum atomic E-state index is -0.486. The molecule has 0 unspecified atom stereocenters. The van der Waals surface area contributed by atoms with Gasteiger partial charge in [0.25, 0.3) is 5.88 Å². The van der Waals surface area contributed by atoms with E-state index in [1.807, 2.05) is 36.1 Å². The van der Waals surface area contributed by atoms with Crippen LogP contribution in [0.2, 0.25) is 0 Å². The van der Waals surface area contributed by atoms with Crippen molar-refractivity contribution >= 4 is 5.82 Å². The first kappa shape index (κ1) is 18.0. The molecule has 2 N–H and O–H groups in total. The fourth-order valence-corrected chi connectivity index (χ4v) is 3.21. The van der Waals surface area contributed by atoms with Gasteiger partial charge in [0, 0.05) is 19.0 Å². The first-order valence-electron chi connectivity index (χ1n) is 9.50. The number of aromatic nitrogens is 2. The maximum Gasteiger partial charge on any atom is 0.255 e. The monoisotopic (exact) mass is 372 g/mol. The molecule has 4 rings (SSSR count). The van der Waals surface area contributed by atoms with E-state index < -0.39 is 5.82 Å². The molecule has 27 heavy (non-hydrogen) atoms. The number of anilines is 1. The Labute approximate surface area is 158 Å². The van der Waals surface area contributed by atoms with Crippen LogP contribution in [0.25, 0.3) is 0 Å². The van der Waals surface area contributed by atoms with E-state index in [1.165, 1.54) is 6.33 Å². The summed E-state index contributed by atoms with van der Waals surface area (Å²) < 4.78 is 26.3. The molecule has 2 atom stereocenters. The summed E-state index contributed by atoms with van der Waals surface area (Å²) in [7, 11) is 0. The van der Waals surface area contributed by atoms with Crippen molar-refractivity contribution in [1.82, 2.24) is 9.97 Å². The third kappa shape index (κ3) is 4.30. The molecule has 0 radical (unpaired) electrons. The molecule has 1 aromatic carbocycles. The first-order chi connectivity index (χ1) is 13.1. The summed E-state index contributed by atoms with van der Waals surface area (Å²) in [6, 6.07) is 7.80. The summed E-state index contributed by atoms with van der Waals surface area (Å²) in [6.45, 7) is 3.73. The zero-order chi connectivity index (χ0) is 18.8. The number of hydrogen-bond donors (Lipinski definition) is 1. The molecule has 6 nitrogen and oxygen atoms in total. The van der Waals surface area contributed by atoms with Gasteiger partial charge in [-0.1, -0.05) is 12.1 Å². The maximum absolute atomic E-state index is 14.7. The van der Waals surface area contributed by atoms with E-state index in [2.05, 4.69) is 9.97 Å². The normalized spacial score (nSPS) is 20.6. The van der Waals surface area contributed by atoms with Crippen LogP contribution < -0.4 is 20.1 Å². The highest BCUT2D eigenvalue weighted by atomic mass is 19.1. The summed E-state index contributed by atoms with van der Waals surface area (Å²) in [5.41, 5.74) is 6.94. The lowest BCUT2D eigenvalue weighted by molar-refractivity contribution is 0.224. The molecule has 1 saturated heterocycles. The van der Waals surface area contributed by atoms with Crippen molar-refractivity contribution in [3.8, 4) is 11.6 Å². The van der Waals surface area contributed by atoms with Gasteiger partial charge in [0.2, 0.25) is 5.82 Å². The standard InChI is InChI=1S/C20H25FN4O2/c1-13(22)15-4-6-16(7-5-15)27-17-8-9-25(10-17)19-18(21)20(24-12-23-19)26-11-14-2-3-14/h4-7,12-14,17H,2-3,8-11,22H2,1H3/t13-,17+/m0/s1. The van der Waals surface area contributed by atoms with E-state index >= 15 is 0 Å². The first-order valence-corrected chi connectivity index (χ1v) is 9.50. The summed E-state index contributed by atoms with van der Waals surface area (Å²) >= 11 is 0. The second kappa shape index (κ2) is 7.68. The summed E-state index contributed by atoms with van der Waals surface area (Å²) in [5.74, 6) is 1.18. The van der Waals surface area contributed by atoms with Crippen molar-refractivity contribution in [2.24, 2.45) is 11.7 Å². The minimum Gasteiger partial charge on any atom is -0.489 e. The Balaban J connectivity index is 1.38. The van der Waals surface area contributed by atoms with E-state index in [0.29, 0.717) is 25.6 Å². The Bertz CT molecular complexity index is 780. The number of halogens is 1. The van der Waals surface area contributed by atoms with Crippen LogP contribution in [0.4, 0.5) is 10.2 Å². The van der Waals surface area contributed by atoms with Gasteiger partial charge in [0.05, 0.1) is 13.2 Å². The minimum absolute atomic E-state index is 0.00177. The number of benzene rings is 1. The van der Waals surface area contributed by atoms with Crippen LogP contribution in [-0.2, 0) is 0 Å². The molecule has 0 spiro atoms. The summed E-state index contributed by atoms with van der Waals surface area (Å²) in [5, 5.41) is 0. The van der Waals surface area contributed by atoms with Crippen LogP contribution in [0.1, 0.15) is 37.8 Å². The predicted molar refractivity (Wildman–Crippen MR) is 100 cm³/mol. The second-order valence-electron chi connectivity index (χ2n) is 7.40. The van der Waals surface area contributed by atoms with Gasteiger partial charge in [0.1, 0.15) is 18.2 Å². The van der Waals surface area contributed by atoms with Gasteiger partial charge in [-0.2, -0.15) is 9.37 Å². The highest BCUT2D eigenvalue weighted by Crippen LogP contribution is 2.31. The molecule has 7 heteroatoms. The molecule has 1 aromatic heterocycles. The number of hydrogen-bond acceptors (Lipinski definition) is 6. The van der Waals surface area contributed by atoms with Crippen LogP contribution in [0, 0.1) is 11.7 Å². The van der Waals surface area contributed by atoms with Gasteiger partial charge in [-0.15, -0.1) is 0 Å². The summed E-state index contributed by atoms with van der Waals surface area (Å²) in [4.78, 5) is 9.96. The maximum atomic E-state index is 14.7. The number of ether oxygens (including phenoxy) is 2. The fourth-order valence-electron chi connectivity index (χ4n) is 3.21. The lowest BCUT2D eigenvalue weighted by atomic mass is 10.1. The van der Waals surface area contributed by atoms with Crippen molar-refractivity contribution in [2.75, 3.05) is 24.6 Å². The van der Waals surface area contributed by atoms with Crippen molar-refractivity contribution in [2.45, 2.75) is 38.3 Å². The van der Waals surface area contributed by atoms with Crippen LogP contribution in [0.3, 0.4) is 0 Å². The van der Waals surface area contributed by atoms with Crippen molar-refractivity contribution < 1.29 is 13.9 Å². The average molecular weight is 372 g/mol. The SMILES string of the molecule is C[C@H](N)c1ccc(O[C@@H]2CCN(c3ncnc(OCC4CC4)c3F)C2)cc1. The number of rotatable bonds is 7. The van der Waals surface area contributed by atoms with Gasteiger partial charge in [-0.05, 0) is 43.4 Å². The van der Waals surface area contributed by atoms with Crippen LogP contribution in [0.15, 0.2) is 30.6 Å². The Morgan fingerprint density at radius 1 is 1.22 bits per heavy atom. The molecule has 0 bridgehead atoms. The van der Waals surface area contributed by atoms with Gasteiger partial charge >= 0.3 is 0 Å². The lowest BCUT2D eigenvalue weighted by Gasteiger charge is -2.19. The van der Waals surface area contributed by atoms with Gasteiger partial charge in [-0.3, -0.25) is 0 Å². The van der Waals surface area contributed by atoms with Gasteiger partial charge in [0.15, 0.2) is 5.82 Å². The lowest BCUT2D eigenvalue weighted by Crippen LogP contribution is -2.26. The molecule has 2 aromatic rings. The Kier molecular flexibility index (Phi) is 5.11. The van der Waals surface area contributed by atoms with Crippen LogP contribution in [0.5, 0.6) is 11.6 Å². The molecule has 2 heterocycles. The predicted octanol–water partition coefficient (Wildman–Crippen LogP) is 3.08. The molecule has 2 aliphatic rings. The quantitative estimate of drug-likeness (QED) is 0.805. The third-order valence-electron chi connectivity index (χ3n) is 5.04. The Morgan fingerprint density at radius 3 is 2.70 bits per heavy atom. The molecule has 1 aliphatic carbocycles. The van der Waals surface area contributed by atoms with Crippen LogP contribution in [-0.4, -0.2) is 35.8 Å². The molecule has 2 fully saturated rings. The smallest absolute Gasteiger partial charge is 0.255 e. The second-order valence-corrected chi connectivity index (χ2v) is 7.40. The van der Waals surface area contributed by atoms with E-state index in [1.54, 1.807) is 0 Å². The molecule has 1 saturated carbocycles. The van der Waals surface area contributed by atoms with Crippen molar-refractivity contribution in [3.05, 3.63) is 42.0 Å². The van der Waals surface area contributed by atoms with E-state index in [-0.39, 0.29) is 23.8 Å². The fraction of sp³-hybridized carbons (Fsp3) is 0.500. The molecular weight excluding hydrogens is 347 g/mol. The molecule has 144 valence electrons. The molecular formula is C20H25FN4O2. The largest absolute Gasteiger partial charge is 0.489 e. The van der Waals surface area contributed by atoms with Crippen molar-refractivity contribution in [3.63, 3.8) is 0 Å². The highest BCUT2D eigenvalue weighted by molar-refractivity contribution is 5.44. The highest BCUT2D eigenvalue weighted by Gasteiger charge is 2.29. The Hall–Kier alpha value is -2.41. The van der Waals surface area contributed by atoms with Crippen LogP contribution >= 0.6 is 0 Å². The van der Waals surface area contributed by atoms with E-state index in [9.17, 15) is 4.39 Å². The Morgan fingerprint density at radius 2 is 2.00 bits per heavy atom. The third-order valence-corrected chi connectivity index (χ3v) is 5.04. The average Bonchev–Trinajstić information content (AvgIpc) is 3.39. The molecule has 1 aliphatic heterocycles. The molecule has 0 amide bonds. The summed E-state index contributed by atoms with van der Waals surface area (Å²) in [6.07, 6.45) is 4.45. The number of nitrogens with two attached hydrogens (primary N) is 1. The van der Waals surface area contributed by atoms with Gasteiger partial charge < -0.3 is 20.1 Å². The van der Waals surface area contributed by atoms with Gasteiger partial charge in [-0.25, -0.2) is 4.98 Å². The van der Waals surface area contributed by atoms with E-state index in [4.69, 9.17) is 15.2 Å². The van der Waals surface area contributed by atoms with E-state index in [0.717, 1.165) is 30.6 Å². The zero-order valence-electron chi connectivity index (χ0n) is 15.5. The number of nitrogens with zero attached hydrogens (tertiary/aromatic N) is 3. The topological polar surface area (TPSA) is 73.5 Å².